The molecule has 0 heterocycles. The van der Waals surface area contributed by atoms with Gasteiger partial charge in [-0.05, 0) is 50.1 Å². The fourth-order valence-electron chi connectivity index (χ4n) is 3.54. The second-order valence-electron chi connectivity index (χ2n) is 7.52. The number of carbonyl (C=O) groups excluding carboxylic acids is 2. The lowest BCUT2D eigenvalue weighted by atomic mass is 10.1. The van der Waals surface area contributed by atoms with Crippen LogP contribution in [0, 0.1) is 5.82 Å². The van der Waals surface area contributed by atoms with Crippen molar-refractivity contribution >= 4 is 35.2 Å². The average molecular weight is 449 g/mol. The van der Waals surface area contributed by atoms with Crippen molar-refractivity contribution in [3.05, 3.63) is 64.9 Å². The van der Waals surface area contributed by atoms with Crippen LogP contribution in [0.5, 0.6) is 0 Å². The van der Waals surface area contributed by atoms with E-state index >= 15 is 0 Å². The first-order chi connectivity index (χ1) is 14.4. The number of thioether (sulfide) groups is 1. The minimum atomic E-state index is -0.691. The summed E-state index contributed by atoms with van der Waals surface area (Å²) in [5.74, 6) is -0.642. The number of halogens is 2. The van der Waals surface area contributed by atoms with E-state index in [0.29, 0.717) is 10.6 Å². The summed E-state index contributed by atoms with van der Waals surface area (Å²) in [6.07, 6.45) is 4.14. The van der Waals surface area contributed by atoms with E-state index in [1.165, 1.54) is 22.7 Å². The van der Waals surface area contributed by atoms with Crippen molar-refractivity contribution in [2.24, 2.45) is 0 Å². The topological polar surface area (TPSA) is 49.4 Å². The standard InChI is InChI=1S/C23H26ClFN2O2S/c1-16(23(29)26-19-7-3-4-8-19)27(14-17-6-2-5-9-21(17)25)22(28)15-30-20-12-10-18(24)11-13-20/h2,5-6,9-13,16,19H,3-4,7-8,14-15H2,1H3,(H,26,29)/t16-/m0/s1. The third-order valence-electron chi connectivity index (χ3n) is 5.34. The van der Waals surface area contributed by atoms with Crippen molar-refractivity contribution in [1.82, 2.24) is 10.2 Å². The van der Waals surface area contributed by atoms with Crippen LogP contribution >= 0.6 is 23.4 Å². The van der Waals surface area contributed by atoms with Gasteiger partial charge in [-0.2, -0.15) is 0 Å². The van der Waals surface area contributed by atoms with Crippen LogP contribution < -0.4 is 5.32 Å². The summed E-state index contributed by atoms with van der Waals surface area (Å²) in [5, 5.41) is 3.68. The van der Waals surface area contributed by atoms with E-state index in [9.17, 15) is 14.0 Å². The van der Waals surface area contributed by atoms with Gasteiger partial charge in [0.25, 0.3) is 0 Å². The van der Waals surface area contributed by atoms with E-state index in [0.717, 1.165) is 30.6 Å². The van der Waals surface area contributed by atoms with Crippen LogP contribution in [0.3, 0.4) is 0 Å². The van der Waals surface area contributed by atoms with Gasteiger partial charge in [-0.15, -0.1) is 11.8 Å². The number of benzene rings is 2. The molecule has 160 valence electrons. The lowest BCUT2D eigenvalue weighted by Gasteiger charge is -2.29. The zero-order chi connectivity index (χ0) is 21.5. The van der Waals surface area contributed by atoms with Gasteiger partial charge in [-0.3, -0.25) is 9.59 Å². The van der Waals surface area contributed by atoms with Crippen molar-refractivity contribution in [2.45, 2.75) is 56.1 Å². The highest BCUT2D eigenvalue weighted by Gasteiger charge is 2.29. The molecule has 1 fully saturated rings. The van der Waals surface area contributed by atoms with Gasteiger partial charge in [-0.25, -0.2) is 4.39 Å². The molecule has 1 atom stereocenters. The van der Waals surface area contributed by atoms with Gasteiger partial charge in [0.2, 0.25) is 11.8 Å². The molecule has 4 nitrogen and oxygen atoms in total. The highest BCUT2D eigenvalue weighted by molar-refractivity contribution is 8.00. The Kier molecular flexibility index (Phi) is 8.16. The number of hydrogen-bond donors (Lipinski definition) is 1. The van der Waals surface area contributed by atoms with Gasteiger partial charge < -0.3 is 10.2 Å². The summed E-state index contributed by atoms with van der Waals surface area (Å²) in [5.41, 5.74) is 0.392. The lowest BCUT2D eigenvalue weighted by molar-refractivity contribution is -0.139. The third kappa shape index (κ3) is 6.22. The number of nitrogens with zero attached hydrogens (tertiary/aromatic N) is 1. The Morgan fingerprint density at radius 2 is 1.83 bits per heavy atom. The van der Waals surface area contributed by atoms with Gasteiger partial charge in [0.05, 0.1) is 5.75 Å². The summed E-state index contributed by atoms with van der Waals surface area (Å²) in [6.45, 7) is 1.75. The van der Waals surface area contributed by atoms with Crippen molar-refractivity contribution in [3.63, 3.8) is 0 Å². The average Bonchev–Trinajstić information content (AvgIpc) is 3.25. The third-order valence-corrected chi connectivity index (χ3v) is 6.59. The van der Waals surface area contributed by atoms with Crippen molar-refractivity contribution in [1.29, 1.82) is 0 Å². The van der Waals surface area contributed by atoms with Crippen molar-refractivity contribution in [3.8, 4) is 0 Å². The molecule has 1 aliphatic carbocycles. The van der Waals surface area contributed by atoms with E-state index in [1.54, 1.807) is 37.3 Å². The molecule has 2 amide bonds. The Morgan fingerprint density at radius 3 is 2.50 bits per heavy atom. The first kappa shape index (κ1) is 22.6. The molecule has 30 heavy (non-hydrogen) atoms. The second-order valence-corrected chi connectivity index (χ2v) is 9.01. The quantitative estimate of drug-likeness (QED) is 0.575. The smallest absolute Gasteiger partial charge is 0.242 e. The highest BCUT2D eigenvalue weighted by Crippen LogP contribution is 2.23. The van der Waals surface area contributed by atoms with E-state index in [1.807, 2.05) is 12.1 Å². The van der Waals surface area contributed by atoms with E-state index in [4.69, 9.17) is 11.6 Å². The molecule has 7 heteroatoms. The summed E-state index contributed by atoms with van der Waals surface area (Å²) >= 11 is 7.28. The first-order valence-corrected chi connectivity index (χ1v) is 11.5. The molecule has 1 N–H and O–H groups in total. The van der Waals surface area contributed by atoms with Crippen molar-refractivity contribution < 1.29 is 14.0 Å². The summed E-state index contributed by atoms with van der Waals surface area (Å²) in [6, 6.07) is 13.0. The predicted molar refractivity (Wildman–Crippen MR) is 119 cm³/mol. The summed E-state index contributed by atoms with van der Waals surface area (Å²) in [7, 11) is 0. The largest absolute Gasteiger partial charge is 0.352 e. The maximum absolute atomic E-state index is 14.2. The van der Waals surface area contributed by atoms with Gasteiger partial charge >= 0.3 is 0 Å². The van der Waals surface area contributed by atoms with Gasteiger partial charge in [-0.1, -0.05) is 42.6 Å². The molecule has 2 aromatic carbocycles. The molecule has 1 saturated carbocycles. The van der Waals surface area contributed by atoms with E-state index < -0.39 is 6.04 Å². The molecule has 1 aliphatic rings. The van der Waals surface area contributed by atoms with E-state index in [-0.39, 0.29) is 36.0 Å². The number of nitrogens with one attached hydrogen (secondary N) is 1. The van der Waals surface area contributed by atoms with Crippen LogP contribution in [0.2, 0.25) is 5.02 Å². The van der Waals surface area contributed by atoms with Crippen LogP contribution in [0.4, 0.5) is 4.39 Å². The minimum Gasteiger partial charge on any atom is -0.352 e. The number of rotatable bonds is 8. The van der Waals surface area contributed by atoms with Crippen LogP contribution in [-0.4, -0.2) is 34.6 Å². The van der Waals surface area contributed by atoms with Crippen LogP contribution in [0.25, 0.3) is 0 Å². The Labute approximate surface area is 186 Å². The normalized spacial score (nSPS) is 15.0. The molecule has 0 spiro atoms. The molecule has 0 aromatic heterocycles. The van der Waals surface area contributed by atoms with Gasteiger partial charge in [0.15, 0.2) is 0 Å². The Morgan fingerprint density at radius 1 is 1.17 bits per heavy atom. The molecule has 3 rings (SSSR count). The number of amides is 2. The van der Waals surface area contributed by atoms with Crippen LogP contribution in [0.15, 0.2) is 53.4 Å². The van der Waals surface area contributed by atoms with Crippen LogP contribution in [-0.2, 0) is 16.1 Å². The zero-order valence-electron chi connectivity index (χ0n) is 16.9. The maximum atomic E-state index is 14.2. The first-order valence-electron chi connectivity index (χ1n) is 10.2. The molecular weight excluding hydrogens is 423 g/mol. The molecule has 0 unspecified atom stereocenters. The fraction of sp³-hybridized carbons (Fsp3) is 0.391. The Bertz CT molecular complexity index is 872. The highest BCUT2D eigenvalue weighted by atomic mass is 35.5. The molecule has 0 saturated heterocycles. The summed E-state index contributed by atoms with van der Waals surface area (Å²) < 4.78 is 14.2. The predicted octanol–water partition coefficient (Wildman–Crippen LogP) is 5.05. The number of carbonyl (C=O) groups is 2. The monoisotopic (exact) mass is 448 g/mol. The number of hydrogen-bond acceptors (Lipinski definition) is 3. The second kappa shape index (κ2) is 10.8. The van der Waals surface area contributed by atoms with E-state index in [2.05, 4.69) is 5.32 Å². The zero-order valence-corrected chi connectivity index (χ0v) is 18.5. The summed E-state index contributed by atoms with van der Waals surface area (Å²) in [4.78, 5) is 28.2. The van der Waals surface area contributed by atoms with Gasteiger partial charge in [0, 0.05) is 28.1 Å². The molecular formula is C23H26ClFN2O2S. The Hall–Kier alpha value is -2.05. The Balaban J connectivity index is 1.71. The SMILES string of the molecule is C[C@@H](C(=O)NC1CCCC1)N(Cc1ccccc1F)C(=O)CSc1ccc(Cl)cc1. The molecule has 0 radical (unpaired) electrons. The molecule has 0 aliphatic heterocycles. The van der Waals surface area contributed by atoms with Crippen molar-refractivity contribution in [2.75, 3.05) is 5.75 Å². The minimum absolute atomic E-state index is 0.0476. The molecule has 0 bridgehead atoms. The van der Waals surface area contributed by atoms with Crippen LogP contribution in [0.1, 0.15) is 38.2 Å². The van der Waals surface area contributed by atoms with Gasteiger partial charge in [0.1, 0.15) is 11.9 Å². The molecule has 2 aromatic rings. The maximum Gasteiger partial charge on any atom is 0.242 e. The fourth-order valence-corrected chi connectivity index (χ4v) is 4.45. The lowest BCUT2D eigenvalue weighted by Crippen LogP contribution is -2.50.